The second-order valence-electron chi connectivity index (χ2n) is 6.21. The van der Waals surface area contributed by atoms with Crippen LogP contribution in [0.25, 0.3) is 0 Å². The fourth-order valence-corrected chi connectivity index (χ4v) is 4.31. The molecule has 2 aromatic rings. The summed E-state index contributed by atoms with van der Waals surface area (Å²) in [6.07, 6.45) is 7.13. The minimum absolute atomic E-state index is 0.0576. The van der Waals surface area contributed by atoms with Crippen molar-refractivity contribution < 1.29 is 18.3 Å². The van der Waals surface area contributed by atoms with Crippen LogP contribution in [0.15, 0.2) is 47.6 Å². The van der Waals surface area contributed by atoms with Crippen molar-refractivity contribution in [3.8, 4) is 0 Å². The molecule has 3 rings (SSSR count). The molecule has 0 amide bonds. The summed E-state index contributed by atoms with van der Waals surface area (Å²) >= 11 is 0. The summed E-state index contributed by atoms with van der Waals surface area (Å²) in [6, 6.07) is 7.16. The molecule has 1 aliphatic carbocycles. The van der Waals surface area contributed by atoms with Gasteiger partial charge in [-0.15, -0.1) is 0 Å². The van der Waals surface area contributed by atoms with Crippen molar-refractivity contribution in [3.05, 3.63) is 59.4 Å². The highest BCUT2D eigenvalue weighted by Gasteiger charge is 2.26. The molecule has 132 valence electrons. The second kappa shape index (κ2) is 7.33. The first-order chi connectivity index (χ1) is 12.0. The van der Waals surface area contributed by atoms with Crippen LogP contribution in [0, 0.1) is 0 Å². The average Bonchev–Trinajstić information content (AvgIpc) is 2.61. The highest BCUT2D eigenvalue weighted by atomic mass is 32.2. The fraction of sp³-hybridized carbons (Fsp3) is 0.333. The monoisotopic (exact) mass is 360 g/mol. The molecule has 1 atom stereocenters. The van der Waals surface area contributed by atoms with E-state index in [4.69, 9.17) is 0 Å². The molecule has 2 N–H and O–H groups in total. The molecule has 1 aromatic heterocycles. The SMILES string of the molecule is O=C(O)C(Cc1ccncc1)NS(=O)(=O)c1ccc2c(c1)CCCC2. The van der Waals surface area contributed by atoms with E-state index in [9.17, 15) is 18.3 Å². The van der Waals surface area contributed by atoms with Crippen LogP contribution in [0.5, 0.6) is 0 Å². The van der Waals surface area contributed by atoms with E-state index >= 15 is 0 Å². The molecule has 0 fully saturated rings. The van der Waals surface area contributed by atoms with Crippen molar-refractivity contribution in [2.45, 2.75) is 43.0 Å². The average molecular weight is 360 g/mol. The molecule has 0 bridgehead atoms. The minimum Gasteiger partial charge on any atom is -0.480 e. The zero-order valence-electron chi connectivity index (χ0n) is 13.7. The summed E-state index contributed by atoms with van der Waals surface area (Å²) in [5.41, 5.74) is 2.92. The van der Waals surface area contributed by atoms with Gasteiger partial charge >= 0.3 is 5.97 Å². The number of aliphatic carboxylic acids is 1. The number of aromatic nitrogens is 1. The van der Waals surface area contributed by atoms with Crippen molar-refractivity contribution in [1.29, 1.82) is 0 Å². The van der Waals surface area contributed by atoms with Gasteiger partial charge in [0.05, 0.1) is 4.90 Å². The number of hydrogen-bond donors (Lipinski definition) is 2. The second-order valence-corrected chi connectivity index (χ2v) is 7.92. The lowest BCUT2D eigenvalue weighted by Gasteiger charge is -2.18. The molecule has 1 unspecified atom stereocenters. The maximum Gasteiger partial charge on any atom is 0.322 e. The lowest BCUT2D eigenvalue weighted by Crippen LogP contribution is -2.42. The summed E-state index contributed by atoms with van der Waals surface area (Å²) in [7, 11) is -3.90. The quantitative estimate of drug-likeness (QED) is 0.821. The van der Waals surface area contributed by atoms with Crippen molar-refractivity contribution >= 4 is 16.0 Å². The number of sulfonamides is 1. The van der Waals surface area contributed by atoms with Gasteiger partial charge < -0.3 is 5.11 Å². The first kappa shape index (κ1) is 17.6. The van der Waals surface area contributed by atoms with E-state index in [0.717, 1.165) is 31.2 Å². The molecule has 0 radical (unpaired) electrons. The predicted molar refractivity (Wildman–Crippen MR) is 92.8 cm³/mol. The highest BCUT2D eigenvalue weighted by Crippen LogP contribution is 2.24. The van der Waals surface area contributed by atoms with Gasteiger partial charge in [-0.2, -0.15) is 4.72 Å². The van der Waals surface area contributed by atoms with Crippen LogP contribution in [0.2, 0.25) is 0 Å². The van der Waals surface area contributed by atoms with Gasteiger partial charge in [-0.05, 0) is 73.1 Å². The van der Waals surface area contributed by atoms with E-state index in [0.29, 0.717) is 5.56 Å². The summed E-state index contributed by atoms with van der Waals surface area (Å²) in [5.74, 6) is -1.21. The van der Waals surface area contributed by atoms with Crippen LogP contribution < -0.4 is 4.72 Å². The molecule has 7 heteroatoms. The van der Waals surface area contributed by atoms with Crippen LogP contribution in [-0.2, 0) is 34.1 Å². The largest absolute Gasteiger partial charge is 0.480 e. The van der Waals surface area contributed by atoms with Crippen LogP contribution in [0.1, 0.15) is 29.5 Å². The van der Waals surface area contributed by atoms with Gasteiger partial charge in [-0.1, -0.05) is 6.07 Å². The Kier molecular flexibility index (Phi) is 5.15. The number of nitrogens with zero attached hydrogens (tertiary/aromatic N) is 1. The molecular formula is C18H20N2O4S. The van der Waals surface area contributed by atoms with Gasteiger partial charge in [-0.25, -0.2) is 8.42 Å². The maximum atomic E-state index is 12.6. The van der Waals surface area contributed by atoms with E-state index in [1.54, 1.807) is 36.7 Å². The number of carbonyl (C=O) groups is 1. The van der Waals surface area contributed by atoms with Crippen LogP contribution >= 0.6 is 0 Å². The first-order valence-electron chi connectivity index (χ1n) is 8.21. The minimum atomic E-state index is -3.90. The van der Waals surface area contributed by atoms with Crippen molar-refractivity contribution in [2.24, 2.45) is 0 Å². The van der Waals surface area contributed by atoms with Crippen molar-refractivity contribution in [1.82, 2.24) is 9.71 Å². The van der Waals surface area contributed by atoms with Gasteiger partial charge in [0.15, 0.2) is 0 Å². The van der Waals surface area contributed by atoms with Crippen LogP contribution in [0.3, 0.4) is 0 Å². The number of fused-ring (bicyclic) bond motifs is 1. The van der Waals surface area contributed by atoms with E-state index in [-0.39, 0.29) is 11.3 Å². The van der Waals surface area contributed by atoms with Crippen LogP contribution in [-0.4, -0.2) is 30.5 Å². The molecule has 1 aromatic carbocycles. The van der Waals surface area contributed by atoms with Gasteiger partial charge in [0.25, 0.3) is 0 Å². The number of benzene rings is 1. The third-order valence-corrected chi connectivity index (χ3v) is 5.88. The molecule has 25 heavy (non-hydrogen) atoms. The molecule has 0 spiro atoms. The van der Waals surface area contributed by atoms with Gasteiger partial charge in [0.1, 0.15) is 6.04 Å². The van der Waals surface area contributed by atoms with Crippen molar-refractivity contribution in [3.63, 3.8) is 0 Å². The molecule has 6 nitrogen and oxygen atoms in total. The standard InChI is InChI=1S/C18H20N2O4S/c21-18(22)17(11-13-7-9-19-10-8-13)20-25(23,24)16-6-5-14-3-1-2-4-15(14)12-16/h5-10,12,17,20H,1-4,11H2,(H,21,22). The molecule has 0 saturated heterocycles. The number of aryl methyl sites for hydroxylation is 2. The van der Waals surface area contributed by atoms with Gasteiger partial charge in [0.2, 0.25) is 10.0 Å². The molecular weight excluding hydrogens is 340 g/mol. The number of carboxylic acid groups (broad SMARTS) is 1. The smallest absolute Gasteiger partial charge is 0.322 e. The number of pyridine rings is 1. The topological polar surface area (TPSA) is 96.4 Å². The summed E-state index contributed by atoms with van der Waals surface area (Å²) in [4.78, 5) is 15.5. The maximum absolute atomic E-state index is 12.6. The Bertz CT molecular complexity index is 866. The summed E-state index contributed by atoms with van der Waals surface area (Å²) in [6.45, 7) is 0. The Hall–Kier alpha value is -2.25. The predicted octanol–water partition coefficient (Wildman–Crippen LogP) is 1.93. The third kappa shape index (κ3) is 4.24. The lowest BCUT2D eigenvalue weighted by molar-refractivity contribution is -0.138. The van der Waals surface area contributed by atoms with Gasteiger partial charge in [-0.3, -0.25) is 9.78 Å². The van der Waals surface area contributed by atoms with E-state index in [1.165, 1.54) is 5.56 Å². The highest BCUT2D eigenvalue weighted by molar-refractivity contribution is 7.89. The normalized spacial score (nSPS) is 15.4. The Morgan fingerprint density at radius 2 is 1.80 bits per heavy atom. The Balaban J connectivity index is 1.82. The number of rotatable bonds is 6. The Labute approximate surface area is 147 Å². The summed E-state index contributed by atoms with van der Waals surface area (Å²) in [5, 5.41) is 9.39. The summed E-state index contributed by atoms with van der Waals surface area (Å²) < 4.78 is 27.6. The van der Waals surface area contributed by atoms with Crippen molar-refractivity contribution in [2.75, 3.05) is 0 Å². The first-order valence-corrected chi connectivity index (χ1v) is 9.70. The molecule has 0 saturated carbocycles. The number of nitrogens with one attached hydrogen (secondary N) is 1. The lowest BCUT2D eigenvalue weighted by atomic mass is 9.92. The Morgan fingerprint density at radius 1 is 1.12 bits per heavy atom. The molecule has 0 aliphatic heterocycles. The number of carboxylic acids is 1. The van der Waals surface area contributed by atoms with E-state index < -0.39 is 22.0 Å². The molecule has 1 heterocycles. The van der Waals surface area contributed by atoms with E-state index in [2.05, 4.69) is 9.71 Å². The fourth-order valence-electron chi connectivity index (χ4n) is 3.07. The zero-order chi connectivity index (χ0) is 17.9. The number of hydrogen-bond acceptors (Lipinski definition) is 4. The van der Waals surface area contributed by atoms with E-state index in [1.807, 2.05) is 6.07 Å². The van der Waals surface area contributed by atoms with Crippen LogP contribution in [0.4, 0.5) is 0 Å². The Morgan fingerprint density at radius 3 is 2.48 bits per heavy atom. The third-order valence-electron chi connectivity index (χ3n) is 4.41. The molecule has 1 aliphatic rings. The van der Waals surface area contributed by atoms with Gasteiger partial charge in [0, 0.05) is 12.4 Å². The zero-order valence-corrected chi connectivity index (χ0v) is 14.5.